The summed E-state index contributed by atoms with van der Waals surface area (Å²) in [5.74, 6) is -0.269. The summed E-state index contributed by atoms with van der Waals surface area (Å²) < 4.78 is 1.48. The molecule has 1 aliphatic heterocycles. The molecule has 0 bridgehead atoms. The zero-order chi connectivity index (χ0) is 19.5. The van der Waals surface area contributed by atoms with E-state index in [2.05, 4.69) is 10.3 Å². The number of likely N-dealkylation sites (tertiary alicyclic amines) is 1. The van der Waals surface area contributed by atoms with E-state index < -0.39 is 5.91 Å². The molecule has 8 heteroatoms. The Morgan fingerprint density at radius 3 is 2.79 bits per heavy atom. The van der Waals surface area contributed by atoms with Gasteiger partial charge in [-0.2, -0.15) is 0 Å². The Kier molecular flexibility index (Phi) is 5.21. The molecule has 3 aromatic rings. The molecule has 0 saturated carbocycles. The number of benzene rings is 1. The quantitative estimate of drug-likeness (QED) is 0.647. The summed E-state index contributed by atoms with van der Waals surface area (Å²) >= 11 is 1.36. The molecule has 0 radical (unpaired) electrons. The summed E-state index contributed by atoms with van der Waals surface area (Å²) in [5.41, 5.74) is 1.26. The second-order valence-corrected chi connectivity index (χ2v) is 7.51. The van der Waals surface area contributed by atoms with E-state index in [-0.39, 0.29) is 17.0 Å². The van der Waals surface area contributed by atoms with Crippen molar-refractivity contribution >= 4 is 28.1 Å². The Hall–Kier alpha value is -3.00. The van der Waals surface area contributed by atoms with E-state index in [0.29, 0.717) is 30.9 Å². The van der Waals surface area contributed by atoms with Crippen LogP contribution in [-0.4, -0.2) is 45.7 Å². The lowest BCUT2D eigenvalue weighted by Crippen LogP contribution is -2.34. The first-order chi connectivity index (χ1) is 13.6. The van der Waals surface area contributed by atoms with Gasteiger partial charge >= 0.3 is 0 Å². The summed E-state index contributed by atoms with van der Waals surface area (Å²) in [7, 11) is 0. The molecule has 4 rings (SSSR count). The van der Waals surface area contributed by atoms with Crippen LogP contribution in [-0.2, 0) is 4.79 Å². The average molecular weight is 396 g/mol. The summed E-state index contributed by atoms with van der Waals surface area (Å²) in [6.07, 6.45) is 3.50. The van der Waals surface area contributed by atoms with Crippen molar-refractivity contribution in [3.8, 4) is 11.3 Å². The van der Waals surface area contributed by atoms with E-state index in [0.717, 1.165) is 24.2 Å². The summed E-state index contributed by atoms with van der Waals surface area (Å²) in [6, 6.07) is 9.55. The van der Waals surface area contributed by atoms with Crippen LogP contribution >= 0.6 is 11.3 Å². The highest BCUT2D eigenvalue weighted by Crippen LogP contribution is 2.23. The topological polar surface area (TPSA) is 83.8 Å². The zero-order valence-corrected chi connectivity index (χ0v) is 16.1. The summed E-state index contributed by atoms with van der Waals surface area (Å²) in [6.45, 7) is 1.81. The number of carbonyl (C=O) groups excluding carboxylic acids is 2. The van der Waals surface area contributed by atoms with Gasteiger partial charge < -0.3 is 10.2 Å². The molecule has 0 aliphatic carbocycles. The van der Waals surface area contributed by atoms with Gasteiger partial charge in [0, 0.05) is 37.6 Å². The number of nitrogens with one attached hydrogen (secondary N) is 1. The van der Waals surface area contributed by atoms with Gasteiger partial charge in [-0.1, -0.05) is 30.3 Å². The van der Waals surface area contributed by atoms with Crippen molar-refractivity contribution in [3.63, 3.8) is 0 Å². The van der Waals surface area contributed by atoms with E-state index in [1.54, 1.807) is 0 Å². The number of rotatable bonds is 6. The molecule has 2 amide bonds. The normalized spacial score (nSPS) is 14.0. The van der Waals surface area contributed by atoms with Crippen LogP contribution in [0.5, 0.6) is 0 Å². The smallest absolute Gasteiger partial charge is 0.271 e. The van der Waals surface area contributed by atoms with Crippen LogP contribution in [0.4, 0.5) is 0 Å². The lowest BCUT2D eigenvalue weighted by molar-refractivity contribution is -0.127. The predicted octanol–water partition coefficient (Wildman–Crippen LogP) is 2.17. The molecular weight excluding hydrogens is 376 g/mol. The highest BCUT2D eigenvalue weighted by molar-refractivity contribution is 7.15. The fraction of sp³-hybridized carbons (Fsp3) is 0.300. The molecule has 7 nitrogen and oxygen atoms in total. The molecule has 1 saturated heterocycles. The maximum Gasteiger partial charge on any atom is 0.271 e. The fourth-order valence-corrected chi connectivity index (χ4v) is 4.22. The van der Waals surface area contributed by atoms with E-state index in [4.69, 9.17) is 0 Å². The van der Waals surface area contributed by atoms with Crippen LogP contribution in [0.15, 0.2) is 46.7 Å². The number of hydrogen-bond donors (Lipinski definition) is 1. The SMILES string of the molecule is O=C(NCCCN1CCCC1=O)c1cnc2scc(-c3ccccc3)n2c1=O. The zero-order valence-electron chi connectivity index (χ0n) is 15.3. The van der Waals surface area contributed by atoms with Crippen LogP contribution in [0.3, 0.4) is 0 Å². The van der Waals surface area contributed by atoms with Crippen LogP contribution in [0.2, 0.25) is 0 Å². The van der Waals surface area contributed by atoms with Crippen LogP contribution in [0.1, 0.15) is 29.6 Å². The lowest BCUT2D eigenvalue weighted by atomic mass is 10.2. The van der Waals surface area contributed by atoms with Gasteiger partial charge in [-0.05, 0) is 18.4 Å². The minimum absolute atomic E-state index is 0.0188. The number of fused-ring (bicyclic) bond motifs is 1. The Labute approximate surface area is 165 Å². The molecule has 1 aromatic carbocycles. The standard InChI is InChI=1S/C20H20N4O3S/c25-17-8-4-10-23(17)11-5-9-21-18(26)15-12-22-20-24(19(15)27)16(13-28-20)14-6-2-1-3-7-14/h1-3,6-7,12-13H,4-5,8-11H2,(H,21,26). The minimum atomic E-state index is -0.440. The largest absolute Gasteiger partial charge is 0.352 e. The maximum atomic E-state index is 12.9. The van der Waals surface area contributed by atoms with E-state index in [9.17, 15) is 14.4 Å². The van der Waals surface area contributed by atoms with Gasteiger partial charge in [0.15, 0.2) is 4.96 Å². The molecule has 0 unspecified atom stereocenters. The lowest BCUT2D eigenvalue weighted by Gasteiger charge is -2.15. The van der Waals surface area contributed by atoms with Crippen LogP contribution in [0.25, 0.3) is 16.2 Å². The van der Waals surface area contributed by atoms with Crippen molar-refractivity contribution in [2.24, 2.45) is 0 Å². The first-order valence-electron chi connectivity index (χ1n) is 9.26. The Bertz CT molecular complexity index is 1070. The van der Waals surface area contributed by atoms with Crippen molar-refractivity contribution in [2.45, 2.75) is 19.3 Å². The number of aromatic nitrogens is 2. The molecule has 28 heavy (non-hydrogen) atoms. The molecule has 1 fully saturated rings. The first-order valence-corrected chi connectivity index (χ1v) is 10.1. The van der Waals surface area contributed by atoms with Gasteiger partial charge in [0.2, 0.25) is 5.91 Å². The van der Waals surface area contributed by atoms with Crippen LogP contribution < -0.4 is 10.9 Å². The molecule has 0 atom stereocenters. The molecular formula is C20H20N4O3S. The highest BCUT2D eigenvalue weighted by atomic mass is 32.1. The average Bonchev–Trinajstić information content (AvgIpc) is 3.33. The molecule has 2 aromatic heterocycles. The number of thiazole rings is 1. The van der Waals surface area contributed by atoms with Gasteiger partial charge in [0.1, 0.15) is 5.56 Å². The molecule has 1 N–H and O–H groups in total. The number of amides is 2. The van der Waals surface area contributed by atoms with Crippen molar-refractivity contribution in [1.82, 2.24) is 19.6 Å². The molecule has 1 aliphatic rings. The van der Waals surface area contributed by atoms with Gasteiger partial charge in [-0.15, -0.1) is 11.3 Å². The van der Waals surface area contributed by atoms with Gasteiger partial charge in [-0.25, -0.2) is 4.98 Å². The van der Waals surface area contributed by atoms with E-state index in [1.807, 2.05) is 40.6 Å². The molecule has 0 spiro atoms. The highest BCUT2D eigenvalue weighted by Gasteiger charge is 2.20. The van der Waals surface area contributed by atoms with E-state index >= 15 is 0 Å². The third-order valence-corrected chi connectivity index (χ3v) is 5.66. The van der Waals surface area contributed by atoms with Crippen molar-refractivity contribution in [2.75, 3.05) is 19.6 Å². The third kappa shape index (κ3) is 3.55. The maximum absolute atomic E-state index is 12.9. The summed E-state index contributed by atoms with van der Waals surface area (Å²) in [4.78, 5) is 43.7. The van der Waals surface area contributed by atoms with E-state index in [1.165, 1.54) is 21.9 Å². The Morgan fingerprint density at radius 1 is 1.21 bits per heavy atom. The van der Waals surface area contributed by atoms with Gasteiger partial charge in [0.25, 0.3) is 11.5 Å². The second-order valence-electron chi connectivity index (χ2n) is 6.68. The van der Waals surface area contributed by atoms with Gasteiger partial charge in [0.05, 0.1) is 5.69 Å². The monoisotopic (exact) mass is 396 g/mol. The number of nitrogens with zero attached hydrogens (tertiary/aromatic N) is 3. The summed E-state index contributed by atoms with van der Waals surface area (Å²) in [5, 5.41) is 4.64. The third-order valence-electron chi connectivity index (χ3n) is 4.82. The van der Waals surface area contributed by atoms with Crippen molar-refractivity contribution in [3.05, 3.63) is 57.8 Å². The minimum Gasteiger partial charge on any atom is -0.352 e. The fourth-order valence-electron chi connectivity index (χ4n) is 3.37. The molecule has 144 valence electrons. The Morgan fingerprint density at radius 2 is 2.04 bits per heavy atom. The van der Waals surface area contributed by atoms with Crippen LogP contribution in [0, 0.1) is 0 Å². The second kappa shape index (κ2) is 7.93. The van der Waals surface area contributed by atoms with Gasteiger partial charge in [-0.3, -0.25) is 18.8 Å². The molecule has 3 heterocycles. The first kappa shape index (κ1) is 18.4. The predicted molar refractivity (Wildman–Crippen MR) is 108 cm³/mol. The van der Waals surface area contributed by atoms with Crippen molar-refractivity contribution < 1.29 is 9.59 Å². The number of hydrogen-bond acceptors (Lipinski definition) is 5. The number of carbonyl (C=O) groups is 2. The van der Waals surface area contributed by atoms with Crippen molar-refractivity contribution in [1.29, 1.82) is 0 Å². The Balaban J connectivity index is 1.49.